The van der Waals surface area contributed by atoms with Crippen molar-refractivity contribution >= 4 is 49.8 Å². The molecule has 0 aliphatic rings. The first-order valence-corrected chi connectivity index (χ1v) is 8.81. The van der Waals surface area contributed by atoms with E-state index in [2.05, 4.69) is 10.1 Å². The van der Waals surface area contributed by atoms with Gasteiger partial charge in [-0.05, 0) is 26.0 Å². The number of aromatic amines is 1. The largest absolute Gasteiger partial charge is 0.360 e. The lowest BCUT2D eigenvalue weighted by atomic mass is 10.2. The number of rotatable bonds is 3. The SMILES string of the molecule is Cc1noc(C)c1N(C)S(=O)(=O)c1c[nH]c2cc(Cl)c(Cl)cc12. The Morgan fingerprint density at radius 3 is 2.48 bits per heavy atom. The number of hydrogen-bond donors (Lipinski definition) is 1. The summed E-state index contributed by atoms with van der Waals surface area (Å²) in [4.78, 5) is 3.01. The van der Waals surface area contributed by atoms with Crippen LogP contribution in [0, 0.1) is 13.8 Å². The molecule has 0 fully saturated rings. The lowest BCUT2D eigenvalue weighted by Crippen LogP contribution is -2.27. The normalized spacial score (nSPS) is 12.0. The van der Waals surface area contributed by atoms with Gasteiger partial charge in [0.2, 0.25) is 0 Å². The number of fused-ring (bicyclic) bond motifs is 1. The van der Waals surface area contributed by atoms with Gasteiger partial charge in [-0.15, -0.1) is 0 Å². The lowest BCUT2D eigenvalue weighted by molar-refractivity contribution is 0.393. The van der Waals surface area contributed by atoms with Crippen LogP contribution in [0.4, 0.5) is 5.69 Å². The Hall–Kier alpha value is -1.70. The number of halogens is 2. The van der Waals surface area contributed by atoms with Gasteiger partial charge in [0, 0.05) is 24.1 Å². The highest BCUT2D eigenvalue weighted by Crippen LogP contribution is 2.34. The molecule has 6 nitrogen and oxygen atoms in total. The summed E-state index contributed by atoms with van der Waals surface area (Å²) < 4.78 is 32.1. The first-order chi connectivity index (χ1) is 10.7. The van der Waals surface area contributed by atoms with E-state index in [0.717, 1.165) is 4.31 Å². The van der Waals surface area contributed by atoms with Gasteiger partial charge in [0.15, 0.2) is 5.76 Å². The molecule has 3 aromatic rings. The Morgan fingerprint density at radius 1 is 1.22 bits per heavy atom. The van der Waals surface area contributed by atoms with Crippen LogP contribution in [-0.4, -0.2) is 25.6 Å². The third kappa shape index (κ3) is 2.49. The zero-order valence-electron chi connectivity index (χ0n) is 12.5. The number of sulfonamides is 1. The second-order valence-corrected chi connectivity index (χ2v) is 7.86. The van der Waals surface area contributed by atoms with Crippen LogP contribution in [0.1, 0.15) is 11.5 Å². The van der Waals surface area contributed by atoms with Crippen LogP contribution in [0.2, 0.25) is 10.0 Å². The fraction of sp³-hybridized carbons (Fsp3) is 0.214. The summed E-state index contributed by atoms with van der Waals surface area (Å²) in [6.45, 7) is 3.34. The van der Waals surface area contributed by atoms with Crippen LogP contribution < -0.4 is 4.31 Å². The smallest absolute Gasteiger partial charge is 0.266 e. The van der Waals surface area contributed by atoms with E-state index in [9.17, 15) is 8.42 Å². The van der Waals surface area contributed by atoms with Crippen molar-refractivity contribution in [3.8, 4) is 0 Å². The molecule has 0 unspecified atom stereocenters. The van der Waals surface area contributed by atoms with E-state index in [1.54, 1.807) is 19.9 Å². The van der Waals surface area contributed by atoms with Crippen molar-refractivity contribution in [2.24, 2.45) is 0 Å². The van der Waals surface area contributed by atoms with E-state index in [0.29, 0.717) is 33.1 Å². The van der Waals surface area contributed by atoms with Crippen LogP contribution in [-0.2, 0) is 10.0 Å². The van der Waals surface area contributed by atoms with Gasteiger partial charge in [-0.3, -0.25) is 4.31 Å². The minimum Gasteiger partial charge on any atom is -0.360 e. The third-order valence-corrected chi connectivity index (χ3v) is 6.15. The zero-order valence-corrected chi connectivity index (χ0v) is 14.8. The average molecular weight is 374 g/mol. The summed E-state index contributed by atoms with van der Waals surface area (Å²) >= 11 is 12.0. The highest BCUT2D eigenvalue weighted by atomic mass is 35.5. The van der Waals surface area contributed by atoms with Crippen molar-refractivity contribution in [2.75, 3.05) is 11.4 Å². The second kappa shape index (κ2) is 5.43. The highest BCUT2D eigenvalue weighted by molar-refractivity contribution is 7.93. The minimum atomic E-state index is -3.82. The van der Waals surface area contributed by atoms with Gasteiger partial charge in [-0.1, -0.05) is 28.4 Å². The number of nitrogens with zero attached hydrogens (tertiary/aromatic N) is 2. The summed E-state index contributed by atoms with van der Waals surface area (Å²) in [5.74, 6) is 0.425. The van der Waals surface area contributed by atoms with Crippen LogP contribution in [0.5, 0.6) is 0 Å². The Morgan fingerprint density at radius 2 is 1.87 bits per heavy atom. The first-order valence-electron chi connectivity index (χ1n) is 6.61. The van der Waals surface area contributed by atoms with Crippen LogP contribution in [0.25, 0.3) is 10.9 Å². The van der Waals surface area contributed by atoms with Crippen LogP contribution >= 0.6 is 23.2 Å². The third-order valence-electron chi connectivity index (χ3n) is 3.63. The number of aromatic nitrogens is 2. The molecule has 9 heteroatoms. The number of anilines is 1. The molecule has 0 spiro atoms. The highest BCUT2D eigenvalue weighted by Gasteiger charge is 2.29. The van der Waals surface area contributed by atoms with Gasteiger partial charge < -0.3 is 9.51 Å². The summed E-state index contributed by atoms with van der Waals surface area (Å²) in [6.07, 6.45) is 1.42. The molecule has 1 N–H and O–H groups in total. The fourth-order valence-corrected chi connectivity index (χ4v) is 4.28. The van der Waals surface area contributed by atoms with Gasteiger partial charge in [0.1, 0.15) is 16.3 Å². The van der Waals surface area contributed by atoms with Gasteiger partial charge >= 0.3 is 0 Å². The zero-order chi connectivity index (χ0) is 16.9. The van der Waals surface area contributed by atoms with E-state index < -0.39 is 10.0 Å². The lowest BCUT2D eigenvalue weighted by Gasteiger charge is -2.18. The molecule has 0 aliphatic carbocycles. The number of nitrogens with one attached hydrogen (secondary N) is 1. The van der Waals surface area contributed by atoms with Crippen molar-refractivity contribution < 1.29 is 12.9 Å². The van der Waals surface area contributed by atoms with E-state index in [-0.39, 0.29) is 9.92 Å². The summed E-state index contributed by atoms with van der Waals surface area (Å²) in [5, 5.41) is 4.90. The molecule has 0 bridgehead atoms. The topological polar surface area (TPSA) is 79.2 Å². The second-order valence-electron chi connectivity index (χ2n) is 5.11. The predicted molar refractivity (Wildman–Crippen MR) is 89.9 cm³/mol. The molecule has 0 radical (unpaired) electrons. The summed E-state index contributed by atoms with van der Waals surface area (Å²) in [6, 6.07) is 3.12. The number of hydrogen-bond acceptors (Lipinski definition) is 4. The Balaban J connectivity index is 2.19. The Labute approximate surface area is 143 Å². The average Bonchev–Trinajstić information content (AvgIpc) is 3.03. The molecule has 2 aromatic heterocycles. The van der Waals surface area contributed by atoms with Crippen LogP contribution in [0.3, 0.4) is 0 Å². The molecular formula is C14H13Cl2N3O3S. The number of aryl methyl sites for hydroxylation is 2. The molecule has 2 heterocycles. The van der Waals surface area contributed by atoms with Gasteiger partial charge in [-0.2, -0.15) is 0 Å². The Kier molecular flexibility index (Phi) is 3.82. The van der Waals surface area contributed by atoms with E-state index >= 15 is 0 Å². The minimum absolute atomic E-state index is 0.105. The van der Waals surface area contributed by atoms with Crippen molar-refractivity contribution in [2.45, 2.75) is 18.7 Å². The van der Waals surface area contributed by atoms with Crippen molar-refractivity contribution in [1.82, 2.24) is 10.1 Å². The molecule has 0 saturated carbocycles. The molecular weight excluding hydrogens is 361 g/mol. The molecule has 0 aliphatic heterocycles. The van der Waals surface area contributed by atoms with E-state index in [4.69, 9.17) is 27.7 Å². The van der Waals surface area contributed by atoms with Crippen molar-refractivity contribution in [1.29, 1.82) is 0 Å². The molecule has 0 amide bonds. The standard InChI is InChI=1S/C14H13Cl2N3O3S/c1-7-14(8(2)22-18-7)19(3)23(20,21)13-6-17-12-5-11(16)10(15)4-9(12)13/h4-6,17H,1-3H3. The Bertz CT molecular complexity index is 988. The van der Waals surface area contributed by atoms with Crippen molar-refractivity contribution in [3.63, 3.8) is 0 Å². The molecule has 122 valence electrons. The monoisotopic (exact) mass is 373 g/mol. The molecule has 1 aromatic carbocycles. The predicted octanol–water partition coefficient (Wildman–Crippen LogP) is 3.90. The van der Waals surface area contributed by atoms with E-state index in [1.807, 2.05) is 0 Å². The molecule has 3 rings (SSSR count). The molecule has 0 saturated heterocycles. The fourth-order valence-electron chi connectivity index (χ4n) is 2.50. The molecule has 23 heavy (non-hydrogen) atoms. The summed E-state index contributed by atoms with van der Waals surface area (Å²) in [5.41, 5.74) is 1.50. The summed E-state index contributed by atoms with van der Waals surface area (Å²) in [7, 11) is -2.36. The number of H-pyrrole nitrogens is 1. The number of benzene rings is 1. The molecule has 0 atom stereocenters. The van der Waals surface area contributed by atoms with Gasteiger partial charge in [0.05, 0.1) is 10.0 Å². The maximum atomic E-state index is 13.0. The van der Waals surface area contributed by atoms with Gasteiger partial charge in [-0.25, -0.2) is 8.42 Å². The quantitative estimate of drug-likeness (QED) is 0.754. The van der Waals surface area contributed by atoms with Gasteiger partial charge in [0.25, 0.3) is 10.0 Å². The first kappa shape index (κ1) is 16.2. The van der Waals surface area contributed by atoms with E-state index in [1.165, 1.54) is 19.3 Å². The van der Waals surface area contributed by atoms with Crippen LogP contribution in [0.15, 0.2) is 27.7 Å². The van der Waals surface area contributed by atoms with Crippen molar-refractivity contribution in [3.05, 3.63) is 39.8 Å². The maximum absolute atomic E-state index is 13.0. The maximum Gasteiger partial charge on any atom is 0.266 e.